The average molecular weight is 167 g/mol. The molecule has 0 saturated heterocycles. The Kier molecular flexibility index (Phi) is 3.58. The van der Waals surface area contributed by atoms with E-state index in [9.17, 15) is 0 Å². The molecule has 0 aromatic carbocycles. The molecule has 0 heterocycles. The zero-order chi connectivity index (χ0) is 4.99. The fraction of sp³-hybridized carbons (Fsp3) is 0. The number of hydrogen-bond donors (Lipinski definition) is 0. The Balaban J connectivity index is 3.41. The van der Waals surface area contributed by atoms with Gasteiger partial charge in [-0.05, 0) is 22.0 Å². The van der Waals surface area contributed by atoms with Gasteiger partial charge in [-0.15, -0.1) is 0 Å². The van der Waals surface area contributed by atoms with E-state index < -0.39 is 0 Å². The van der Waals surface area contributed by atoms with Crippen LogP contribution in [0.4, 0.5) is 0 Å². The van der Waals surface area contributed by atoms with Crippen molar-refractivity contribution < 1.29 is 0 Å². The minimum Gasteiger partial charge on any atom is -0.0990 e. The molecule has 0 rings (SSSR count). The number of hydrogen-bond acceptors (Lipinski definition) is 0. The molecule has 0 fully saturated rings. The molecule has 0 saturated carbocycles. The molecule has 0 radical (unpaired) electrons. The third kappa shape index (κ3) is 4.25. The van der Waals surface area contributed by atoms with Crippen LogP contribution in [0.25, 0.3) is 0 Å². The van der Waals surface area contributed by atoms with Crippen molar-refractivity contribution in [2.45, 2.75) is 0 Å². The topological polar surface area (TPSA) is 0 Å². The first-order valence-electron chi connectivity index (χ1n) is 1.41. The van der Waals surface area contributed by atoms with Gasteiger partial charge in [-0.2, -0.15) is 0 Å². The van der Waals surface area contributed by atoms with Crippen LogP contribution in [0.2, 0.25) is 0 Å². The van der Waals surface area contributed by atoms with Crippen LogP contribution in [0.15, 0.2) is 22.7 Å². The van der Waals surface area contributed by atoms with Gasteiger partial charge in [0.2, 0.25) is 0 Å². The minimum absolute atomic E-state index is 0.581. The summed E-state index contributed by atoms with van der Waals surface area (Å²) in [4.78, 5) is 0. The third-order valence-electron chi connectivity index (χ3n) is 0.244. The van der Waals surface area contributed by atoms with Crippen molar-refractivity contribution >= 4 is 27.5 Å². The van der Waals surface area contributed by atoms with Gasteiger partial charge in [0, 0.05) is 0 Å². The van der Waals surface area contributed by atoms with E-state index >= 15 is 0 Å². The van der Waals surface area contributed by atoms with Crippen molar-refractivity contribution in [3.63, 3.8) is 0 Å². The van der Waals surface area contributed by atoms with Crippen molar-refractivity contribution in [2.24, 2.45) is 0 Å². The number of halogens is 2. The van der Waals surface area contributed by atoms with E-state index in [-0.39, 0.29) is 0 Å². The maximum Gasteiger partial charge on any atom is 0.0833 e. The van der Waals surface area contributed by atoms with Gasteiger partial charge in [0.1, 0.15) is 0 Å². The quantitative estimate of drug-likeness (QED) is 0.527. The van der Waals surface area contributed by atoms with E-state index in [0.717, 1.165) is 0 Å². The number of rotatable bonds is 1. The van der Waals surface area contributed by atoms with E-state index in [1.54, 1.807) is 12.2 Å². The van der Waals surface area contributed by atoms with Crippen LogP contribution in [0.1, 0.15) is 0 Å². The lowest BCUT2D eigenvalue weighted by Crippen LogP contribution is -1.41. The Labute approximate surface area is 50.6 Å². The summed E-state index contributed by atoms with van der Waals surface area (Å²) in [7, 11) is 0. The highest BCUT2D eigenvalue weighted by atomic mass is 79.9. The molecule has 0 aromatic rings. The van der Waals surface area contributed by atoms with Gasteiger partial charge in [0.05, 0.1) is 3.94 Å². The predicted molar refractivity (Wildman–Crippen MR) is 33.1 cm³/mol. The standard InChI is InChI=1S/C4H4BrCl/c1-2-3-4(5)6/h2-3H,1H2. The van der Waals surface area contributed by atoms with Gasteiger partial charge in [-0.1, -0.05) is 24.3 Å². The molecule has 0 atom stereocenters. The van der Waals surface area contributed by atoms with Gasteiger partial charge < -0.3 is 0 Å². The van der Waals surface area contributed by atoms with Crippen molar-refractivity contribution in [3.05, 3.63) is 22.7 Å². The molecule has 0 spiro atoms. The SMILES string of the molecule is C=CC=C(Cl)Br. The van der Waals surface area contributed by atoms with Crippen molar-refractivity contribution in [3.8, 4) is 0 Å². The van der Waals surface area contributed by atoms with Gasteiger partial charge >= 0.3 is 0 Å². The molecule has 0 unspecified atom stereocenters. The number of allylic oxidation sites excluding steroid dienone is 2. The Hall–Kier alpha value is 0.250. The molecule has 6 heavy (non-hydrogen) atoms. The van der Waals surface area contributed by atoms with Crippen LogP contribution in [-0.4, -0.2) is 0 Å². The molecular formula is C4H4BrCl. The molecule has 0 aliphatic heterocycles. The van der Waals surface area contributed by atoms with Crippen molar-refractivity contribution in [2.75, 3.05) is 0 Å². The predicted octanol–water partition coefficient (Wildman–Crippen LogP) is 2.65. The summed E-state index contributed by atoms with van der Waals surface area (Å²) in [5.41, 5.74) is 0. The van der Waals surface area contributed by atoms with Crippen molar-refractivity contribution in [1.29, 1.82) is 0 Å². The Morgan fingerprint density at radius 2 is 2.33 bits per heavy atom. The normalized spacial score (nSPS) is 11.3. The van der Waals surface area contributed by atoms with Crippen LogP contribution in [-0.2, 0) is 0 Å². The zero-order valence-electron chi connectivity index (χ0n) is 3.12. The maximum absolute atomic E-state index is 5.28. The molecule has 0 aliphatic carbocycles. The first-order chi connectivity index (χ1) is 2.77. The molecule has 2 heteroatoms. The zero-order valence-corrected chi connectivity index (χ0v) is 5.46. The summed E-state index contributed by atoms with van der Waals surface area (Å²) < 4.78 is 0.581. The Morgan fingerprint density at radius 1 is 1.83 bits per heavy atom. The second-order valence-electron chi connectivity index (χ2n) is 0.692. The Bertz CT molecular complexity index is 71.6. The van der Waals surface area contributed by atoms with E-state index in [1.165, 1.54) is 0 Å². The van der Waals surface area contributed by atoms with Crippen LogP contribution in [0.3, 0.4) is 0 Å². The van der Waals surface area contributed by atoms with Gasteiger partial charge in [0.15, 0.2) is 0 Å². The summed E-state index contributed by atoms with van der Waals surface area (Å²) in [6.45, 7) is 3.41. The molecule has 0 N–H and O–H groups in total. The van der Waals surface area contributed by atoms with Gasteiger partial charge in [0.25, 0.3) is 0 Å². The van der Waals surface area contributed by atoms with Crippen molar-refractivity contribution in [1.82, 2.24) is 0 Å². The lowest BCUT2D eigenvalue weighted by molar-refractivity contribution is 2.09. The van der Waals surface area contributed by atoms with Crippen LogP contribution in [0.5, 0.6) is 0 Å². The molecule has 0 bridgehead atoms. The van der Waals surface area contributed by atoms with E-state index in [1.807, 2.05) is 0 Å². The summed E-state index contributed by atoms with van der Waals surface area (Å²) in [5.74, 6) is 0. The first kappa shape index (κ1) is 6.25. The van der Waals surface area contributed by atoms with Gasteiger partial charge in [-0.3, -0.25) is 0 Å². The van der Waals surface area contributed by atoms with Crippen LogP contribution in [0, 0.1) is 0 Å². The van der Waals surface area contributed by atoms with E-state index in [2.05, 4.69) is 22.5 Å². The lowest BCUT2D eigenvalue weighted by Gasteiger charge is -1.69. The largest absolute Gasteiger partial charge is 0.0990 e. The minimum atomic E-state index is 0.581. The molecule has 34 valence electrons. The highest BCUT2D eigenvalue weighted by molar-refractivity contribution is 9.12. The Morgan fingerprint density at radius 3 is 2.33 bits per heavy atom. The fourth-order valence-electron chi connectivity index (χ4n) is 0.0891. The second-order valence-corrected chi connectivity index (χ2v) is 2.41. The molecule has 0 aromatic heterocycles. The monoisotopic (exact) mass is 166 g/mol. The first-order valence-corrected chi connectivity index (χ1v) is 2.58. The van der Waals surface area contributed by atoms with Gasteiger partial charge in [-0.25, -0.2) is 0 Å². The second kappa shape index (κ2) is 3.44. The molecule has 0 aliphatic rings. The summed E-state index contributed by atoms with van der Waals surface area (Å²) in [6, 6.07) is 0. The lowest BCUT2D eigenvalue weighted by atomic mass is 10.6. The smallest absolute Gasteiger partial charge is 0.0833 e. The summed E-state index contributed by atoms with van der Waals surface area (Å²) in [5, 5.41) is 0. The van der Waals surface area contributed by atoms with E-state index in [4.69, 9.17) is 11.6 Å². The maximum atomic E-state index is 5.28. The summed E-state index contributed by atoms with van der Waals surface area (Å²) in [6.07, 6.45) is 3.26. The van der Waals surface area contributed by atoms with E-state index in [0.29, 0.717) is 3.94 Å². The molecular weight excluding hydrogens is 163 g/mol. The molecule has 0 nitrogen and oxygen atoms in total. The summed E-state index contributed by atoms with van der Waals surface area (Å²) >= 11 is 8.27. The third-order valence-corrected chi connectivity index (χ3v) is 0.634. The highest BCUT2D eigenvalue weighted by Gasteiger charge is 1.70. The highest BCUT2D eigenvalue weighted by Crippen LogP contribution is 2.08. The van der Waals surface area contributed by atoms with Crippen LogP contribution < -0.4 is 0 Å². The molecule has 0 amide bonds. The van der Waals surface area contributed by atoms with Crippen LogP contribution >= 0.6 is 27.5 Å². The fourth-order valence-corrected chi connectivity index (χ4v) is 0.365. The average Bonchev–Trinajstić information content (AvgIpc) is 1.35.